The Morgan fingerprint density at radius 1 is 0.767 bits per heavy atom. The molecule has 0 spiro atoms. The lowest BCUT2D eigenvalue weighted by molar-refractivity contribution is 0.0509. The van der Waals surface area contributed by atoms with E-state index in [9.17, 15) is 9.59 Å². The van der Waals surface area contributed by atoms with Gasteiger partial charge in [-0.25, -0.2) is 14.6 Å². The fourth-order valence-electron chi connectivity index (χ4n) is 2.73. The van der Waals surface area contributed by atoms with Crippen LogP contribution in [0.1, 0.15) is 54.9 Å². The SMILES string of the molecule is CCO[Si](C)(CCCN=C=O)OCC.CCO[Si](OCC)(OCC)C(C)(C)N=C=O. The minimum absolute atomic E-state index is 0.462. The van der Waals surface area contributed by atoms with Gasteiger partial charge < -0.3 is 22.1 Å². The third kappa shape index (κ3) is 12.0. The second kappa shape index (κ2) is 17.7. The molecule has 0 aliphatic heterocycles. The highest BCUT2D eigenvalue weighted by Crippen LogP contribution is 2.27. The molecule has 0 heterocycles. The van der Waals surface area contributed by atoms with Crippen molar-refractivity contribution < 1.29 is 31.7 Å². The number of isocyanates is 2. The second-order valence-corrected chi connectivity index (χ2v) is 13.2. The van der Waals surface area contributed by atoms with E-state index in [0.717, 1.165) is 12.5 Å². The van der Waals surface area contributed by atoms with Gasteiger partial charge in [-0.1, -0.05) is 0 Å². The molecule has 0 atom stereocenters. The normalized spacial score (nSPS) is 11.7. The Bertz CT molecular complexity index is 514. The minimum atomic E-state index is -2.97. The lowest BCUT2D eigenvalue weighted by atomic mass is 10.4. The molecule has 176 valence electrons. The van der Waals surface area contributed by atoms with Gasteiger partial charge in [0.25, 0.3) is 0 Å². The Kier molecular flexibility index (Phi) is 18.3. The summed E-state index contributed by atoms with van der Waals surface area (Å²) in [5.41, 5.74) is 0. The molecule has 0 aliphatic rings. The van der Waals surface area contributed by atoms with Crippen LogP contribution in [-0.2, 0) is 31.7 Å². The van der Waals surface area contributed by atoms with E-state index in [1.807, 2.05) is 41.2 Å². The van der Waals surface area contributed by atoms with E-state index in [4.69, 9.17) is 22.1 Å². The van der Waals surface area contributed by atoms with Crippen molar-refractivity contribution in [2.24, 2.45) is 9.98 Å². The third-order valence-corrected chi connectivity index (χ3v) is 10.6. The van der Waals surface area contributed by atoms with Crippen molar-refractivity contribution >= 4 is 29.5 Å². The van der Waals surface area contributed by atoms with Crippen molar-refractivity contribution in [3.8, 4) is 0 Å². The van der Waals surface area contributed by atoms with Gasteiger partial charge in [-0.2, -0.15) is 4.99 Å². The van der Waals surface area contributed by atoms with Crippen LogP contribution >= 0.6 is 0 Å². The van der Waals surface area contributed by atoms with Crippen molar-refractivity contribution in [3.05, 3.63) is 0 Å². The Hall–Kier alpha value is -1.01. The first kappa shape index (κ1) is 31.2. The molecule has 0 rings (SSSR count). The number of hydrogen-bond acceptors (Lipinski definition) is 9. The van der Waals surface area contributed by atoms with Gasteiger partial charge in [0, 0.05) is 33.0 Å². The zero-order valence-corrected chi connectivity index (χ0v) is 21.9. The van der Waals surface area contributed by atoms with E-state index in [1.165, 1.54) is 6.08 Å². The molecule has 0 radical (unpaired) electrons. The summed E-state index contributed by atoms with van der Waals surface area (Å²) < 4.78 is 28.2. The summed E-state index contributed by atoms with van der Waals surface area (Å²) in [6, 6.07) is 0.875. The number of hydrogen-bond donors (Lipinski definition) is 0. The topological polar surface area (TPSA) is 105 Å². The highest BCUT2D eigenvalue weighted by molar-refractivity contribution is 6.66. The van der Waals surface area contributed by atoms with Crippen molar-refractivity contribution in [1.29, 1.82) is 0 Å². The summed E-state index contributed by atoms with van der Waals surface area (Å²) in [4.78, 5) is 27.5. The molecular formula is C19H40N2O7Si2. The zero-order valence-electron chi connectivity index (χ0n) is 19.9. The Balaban J connectivity index is 0. The number of rotatable bonds is 16. The molecule has 0 aromatic heterocycles. The fourth-order valence-corrected chi connectivity index (χ4v) is 7.76. The first-order valence-corrected chi connectivity index (χ1v) is 14.7. The Labute approximate surface area is 183 Å². The van der Waals surface area contributed by atoms with Gasteiger partial charge in [0.05, 0.1) is 6.54 Å². The van der Waals surface area contributed by atoms with Crippen LogP contribution < -0.4 is 0 Å². The lowest BCUT2D eigenvalue weighted by Crippen LogP contribution is -2.61. The van der Waals surface area contributed by atoms with Gasteiger partial charge in [0.1, 0.15) is 5.16 Å². The van der Waals surface area contributed by atoms with Crippen LogP contribution in [0.2, 0.25) is 12.6 Å². The number of nitrogens with zero attached hydrogens (tertiary/aromatic N) is 2. The first-order valence-electron chi connectivity index (χ1n) is 10.5. The predicted octanol–water partition coefficient (Wildman–Crippen LogP) is 3.55. The molecule has 0 unspecified atom stereocenters. The quantitative estimate of drug-likeness (QED) is 0.149. The van der Waals surface area contributed by atoms with Crippen molar-refractivity contribution in [2.75, 3.05) is 39.6 Å². The molecule has 0 aliphatic carbocycles. The lowest BCUT2D eigenvalue weighted by Gasteiger charge is -2.37. The van der Waals surface area contributed by atoms with E-state index >= 15 is 0 Å². The standard InChI is InChI=1S/C10H21NO4Si.C9H19NO3Si/c1-6-13-16(14-7-2,15-8-3)10(4,5)11-9-12;1-4-12-14(3,13-5-2)8-6-7-10-9-11/h6-8H2,1-5H3;4-8H2,1-3H3. The predicted molar refractivity (Wildman–Crippen MR) is 120 cm³/mol. The molecule has 0 fully saturated rings. The number of aliphatic imine (C=N–C) groups is 2. The Morgan fingerprint density at radius 3 is 1.53 bits per heavy atom. The van der Waals surface area contributed by atoms with Gasteiger partial charge in [-0.3, -0.25) is 0 Å². The van der Waals surface area contributed by atoms with Gasteiger partial charge in [-0.05, 0) is 67.5 Å². The van der Waals surface area contributed by atoms with Gasteiger partial charge in [0.2, 0.25) is 12.2 Å². The molecule has 0 aromatic rings. The maximum absolute atomic E-state index is 10.4. The Morgan fingerprint density at radius 2 is 1.20 bits per heavy atom. The average Bonchev–Trinajstić information content (AvgIpc) is 2.67. The molecule has 0 amide bonds. The van der Waals surface area contributed by atoms with E-state index in [1.54, 1.807) is 19.9 Å². The van der Waals surface area contributed by atoms with E-state index in [2.05, 4.69) is 9.98 Å². The van der Waals surface area contributed by atoms with Crippen LogP contribution in [0, 0.1) is 0 Å². The fraction of sp³-hybridized carbons (Fsp3) is 0.895. The minimum Gasteiger partial charge on any atom is -0.395 e. The van der Waals surface area contributed by atoms with Crippen LogP contribution in [0.5, 0.6) is 0 Å². The van der Waals surface area contributed by atoms with Crippen LogP contribution in [0.4, 0.5) is 0 Å². The largest absolute Gasteiger partial charge is 0.530 e. The van der Waals surface area contributed by atoms with Crippen LogP contribution in [0.3, 0.4) is 0 Å². The maximum Gasteiger partial charge on any atom is 0.530 e. The highest BCUT2D eigenvalue weighted by atomic mass is 28.4. The molecule has 0 aromatic carbocycles. The molecule has 0 bridgehead atoms. The second-order valence-electron chi connectivity index (χ2n) is 6.69. The van der Waals surface area contributed by atoms with Crippen molar-refractivity contribution in [1.82, 2.24) is 0 Å². The van der Waals surface area contributed by atoms with Crippen molar-refractivity contribution in [3.63, 3.8) is 0 Å². The molecule has 0 N–H and O–H groups in total. The summed E-state index contributed by atoms with van der Waals surface area (Å²) in [6.45, 7) is 18.4. The summed E-state index contributed by atoms with van der Waals surface area (Å²) in [6.07, 6.45) is 3.92. The molecule has 0 saturated carbocycles. The average molecular weight is 465 g/mol. The zero-order chi connectivity index (χ0) is 23.5. The van der Waals surface area contributed by atoms with Gasteiger partial charge in [0.15, 0.2) is 0 Å². The van der Waals surface area contributed by atoms with Crippen LogP contribution in [0.15, 0.2) is 9.98 Å². The molecule has 30 heavy (non-hydrogen) atoms. The number of carbonyl (C=O) groups excluding carboxylic acids is 2. The third-order valence-electron chi connectivity index (χ3n) is 3.94. The highest BCUT2D eigenvalue weighted by Gasteiger charge is 2.56. The van der Waals surface area contributed by atoms with E-state index < -0.39 is 22.5 Å². The molecular weight excluding hydrogens is 424 g/mol. The summed E-state index contributed by atoms with van der Waals surface area (Å²) in [5, 5.41) is -0.809. The van der Waals surface area contributed by atoms with Crippen LogP contribution in [0.25, 0.3) is 0 Å². The van der Waals surface area contributed by atoms with Crippen LogP contribution in [-0.4, -0.2) is 74.3 Å². The van der Waals surface area contributed by atoms with Crippen molar-refractivity contribution in [2.45, 2.75) is 72.6 Å². The molecule has 9 nitrogen and oxygen atoms in total. The van der Waals surface area contributed by atoms with E-state index in [0.29, 0.717) is 39.6 Å². The van der Waals surface area contributed by atoms with E-state index in [-0.39, 0.29) is 0 Å². The molecule has 0 saturated heterocycles. The summed E-state index contributed by atoms with van der Waals surface area (Å²) in [5.74, 6) is 0. The molecule has 11 heteroatoms. The summed E-state index contributed by atoms with van der Waals surface area (Å²) in [7, 11) is -4.96. The van der Waals surface area contributed by atoms with Gasteiger partial charge in [-0.15, -0.1) is 0 Å². The van der Waals surface area contributed by atoms with Gasteiger partial charge >= 0.3 is 17.4 Å². The smallest absolute Gasteiger partial charge is 0.395 e. The first-order chi connectivity index (χ1) is 14.2. The maximum atomic E-state index is 10.4. The monoisotopic (exact) mass is 464 g/mol. The summed E-state index contributed by atoms with van der Waals surface area (Å²) >= 11 is 0.